The van der Waals surface area contributed by atoms with Crippen LogP contribution in [0.5, 0.6) is 0 Å². The van der Waals surface area contributed by atoms with Gasteiger partial charge in [0.15, 0.2) is 0 Å². The molecule has 0 fully saturated rings. The molecule has 0 saturated heterocycles. The number of carbonyl (C=O) groups is 1. The maximum atomic E-state index is 9.98. The summed E-state index contributed by atoms with van der Waals surface area (Å²) in [7, 11) is 0. The fourth-order valence-electron chi connectivity index (χ4n) is 1.27. The van der Waals surface area contributed by atoms with Crippen LogP contribution in [0.2, 0.25) is 0 Å². The molecular formula is C12H22O. The lowest BCUT2D eigenvalue weighted by Crippen LogP contribution is -1.76. The van der Waals surface area contributed by atoms with Gasteiger partial charge >= 0.3 is 0 Å². The Hall–Kier alpha value is -0.590. The maximum absolute atomic E-state index is 9.98. The van der Waals surface area contributed by atoms with E-state index in [9.17, 15) is 4.79 Å². The van der Waals surface area contributed by atoms with Gasteiger partial charge in [0.2, 0.25) is 0 Å². The molecule has 0 spiro atoms. The van der Waals surface area contributed by atoms with Crippen LogP contribution >= 0.6 is 0 Å². The quantitative estimate of drug-likeness (QED) is 0.300. The van der Waals surface area contributed by atoms with E-state index in [4.69, 9.17) is 0 Å². The predicted molar refractivity (Wildman–Crippen MR) is 57.8 cm³/mol. The van der Waals surface area contributed by atoms with Crippen LogP contribution in [0.1, 0.15) is 58.3 Å². The van der Waals surface area contributed by atoms with E-state index in [1.54, 1.807) is 0 Å². The molecule has 0 bridgehead atoms. The van der Waals surface area contributed by atoms with Gasteiger partial charge in [-0.1, -0.05) is 44.8 Å². The number of carbonyl (C=O) groups excluding carboxylic acids is 1. The number of hydrogen-bond donors (Lipinski definition) is 0. The van der Waals surface area contributed by atoms with Gasteiger partial charge in [-0.25, -0.2) is 0 Å². The van der Waals surface area contributed by atoms with Crippen molar-refractivity contribution in [2.75, 3.05) is 0 Å². The third kappa shape index (κ3) is 11.4. The summed E-state index contributed by atoms with van der Waals surface area (Å²) in [5.41, 5.74) is 0. The number of allylic oxidation sites excluding steroid dienone is 2. The van der Waals surface area contributed by atoms with Gasteiger partial charge < -0.3 is 4.79 Å². The maximum Gasteiger partial charge on any atom is 0.120 e. The van der Waals surface area contributed by atoms with E-state index in [1.807, 2.05) is 0 Å². The lowest BCUT2D eigenvalue weighted by atomic mass is 10.1. The summed E-state index contributed by atoms with van der Waals surface area (Å²) in [5, 5.41) is 0. The summed E-state index contributed by atoms with van der Waals surface area (Å²) in [6, 6.07) is 0. The van der Waals surface area contributed by atoms with Crippen molar-refractivity contribution >= 4 is 6.29 Å². The number of unbranched alkanes of at least 4 members (excludes halogenated alkanes) is 6. The minimum Gasteiger partial charge on any atom is -0.303 e. The molecule has 0 N–H and O–H groups in total. The van der Waals surface area contributed by atoms with Gasteiger partial charge in [0.05, 0.1) is 0 Å². The monoisotopic (exact) mass is 182 g/mol. The molecule has 0 aromatic rings. The first-order valence-electron chi connectivity index (χ1n) is 5.50. The second-order valence-electron chi connectivity index (χ2n) is 3.42. The van der Waals surface area contributed by atoms with Crippen molar-refractivity contribution in [2.24, 2.45) is 0 Å². The highest BCUT2D eigenvalue weighted by atomic mass is 16.1. The van der Waals surface area contributed by atoms with Crippen molar-refractivity contribution in [1.82, 2.24) is 0 Å². The van der Waals surface area contributed by atoms with E-state index in [2.05, 4.69) is 19.1 Å². The summed E-state index contributed by atoms with van der Waals surface area (Å²) in [6.07, 6.45) is 14.8. The Labute approximate surface area is 82.2 Å². The van der Waals surface area contributed by atoms with Gasteiger partial charge in [0.1, 0.15) is 6.29 Å². The Kier molecular flexibility index (Phi) is 10.9. The number of aldehydes is 1. The van der Waals surface area contributed by atoms with Crippen molar-refractivity contribution in [1.29, 1.82) is 0 Å². The largest absolute Gasteiger partial charge is 0.303 e. The molecule has 0 unspecified atom stereocenters. The molecule has 76 valence electrons. The summed E-state index contributed by atoms with van der Waals surface area (Å²) < 4.78 is 0. The zero-order valence-electron chi connectivity index (χ0n) is 8.80. The minimum atomic E-state index is 0.673. The highest BCUT2D eigenvalue weighted by Crippen LogP contribution is 2.05. The highest BCUT2D eigenvalue weighted by Gasteiger charge is 1.86. The van der Waals surface area contributed by atoms with Crippen LogP contribution in [-0.2, 0) is 4.79 Å². The highest BCUT2D eigenvalue weighted by molar-refractivity contribution is 5.49. The van der Waals surface area contributed by atoms with Gasteiger partial charge in [-0.05, 0) is 19.3 Å². The fraction of sp³-hybridized carbons (Fsp3) is 0.750. The third-order valence-corrected chi connectivity index (χ3v) is 2.09. The van der Waals surface area contributed by atoms with E-state index >= 15 is 0 Å². The molecule has 0 aromatic carbocycles. The summed E-state index contributed by atoms with van der Waals surface area (Å²) >= 11 is 0. The standard InChI is InChI=1S/C12H22O/c1-2-3-4-5-6-7-8-9-10-11-12-13/h8-9,12H,2-7,10-11H2,1H3/b9-8+. The molecule has 0 aliphatic heterocycles. The second-order valence-corrected chi connectivity index (χ2v) is 3.42. The average Bonchev–Trinajstić information content (AvgIpc) is 2.16. The van der Waals surface area contributed by atoms with E-state index in [0.717, 1.165) is 12.7 Å². The Morgan fingerprint density at radius 3 is 2.23 bits per heavy atom. The Morgan fingerprint density at radius 2 is 1.54 bits per heavy atom. The lowest BCUT2D eigenvalue weighted by molar-refractivity contribution is -0.107. The first-order chi connectivity index (χ1) is 6.41. The van der Waals surface area contributed by atoms with Crippen LogP contribution in [-0.4, -0.2) is 6.29 Å². The number of hydrogen-bond acceptors (Lipinski definition) is 1. The third-order valence-electron chi connectivity index (χ3n) is 2.09. The smallest absolute Gasteiger partial charge is 0.120 e. The molecule has 13 heavy (non-hydrogen) atoms. The Balaban J connectivity index is 2.97. The van der Waals surface area contributed by atoms with Gasteiger partial charge in [0, 0.05) is 6.42 Å². The van der Waals surface area contributed by atoms with Crippen LogP contribution in [0, 0.1) is 0 Å². The van der Waals surface area contributed by atoms with E-state index in [0.29, 0.717) is 6.42 Å². The Bertz CT molecular complexity index is 127. The molecule has 0 radical (unpaired) electrons. The van der Waals surface area contributed by atoms with E-state index < -0.39 is 0 Å². The normalized spacial score (nSPS) is 10.8. The van der Waals surface area contributed by atoms with Crippen molar-refractivity contribution < 1.29 is 4.79 Å². The SMILES string of the molecule is CCCCCCC/C=C/CCC=O. The number of rotatable bonds is 9. The molecule has 1 nitrogen and oxygen atoms in total. The second kappa shape index (κ2) is 11.4. The first-order valence-corrected chi connectivity index (χ1v) is 5.50. The fourth-order valence-corrected chi connectivity index (χ4v) is 1.27. The summed E-state index contributed by atoms with van der Waals surface area (Å²) in [6.45, 7) is 2.24. The van der Waals surface area contributed by atoms with E-state index in [1.165, 1.54) is 38.5 Å². The molecular weight excluding hydrogens is 160 g/mol. The zero-order valence-corrected chi connectivity index (χ0v) is 8.80. The zero-order chi connectivity index (χ0) is 9.78. The van der Waals surface area contributed by atoms with Crippen molar-refractivity contribution in [2.45, 2.75) is 58.3 Å². The minimum absolute atomic E-state index is 0.673. The van der Waals surface area contributed by atoms with Crippen molar-refractivity contribution in [3.05, 3.63) is 12.2 Å². The average molecular weight is 182 g/mol. The van der Waals surface area contributed by atoms with Crippen LogP contribution in [0.25, 0.3) is 0 Å². The Morgan fingerprint density at radius 1 is 0.846 bits per heavy atom. The molecule has 0 saturated carbocycles. The van der Waals surface area contributed by atoms with Crippen LogP contribution < -0.4 is 0 Å². The summed E-state index contributed by atoms with van der Waals surface area (Å²) in [4.78, 5) is 9.98. The molecule has 0 aliphatic carbocycles. The van der Waals surface area contributed by atoms with Crippen molar-refractivity contribution in [3.63, 3.8) is 0 Å². The molecule has 0 aromatic heterocycles. The molecule has 0 heterocycles. The van der Waals surface area contributed by atoms with Gasteiger partial charge in [-0.15, -0.1) is 0 Å². The molecule has 0 atom stereocenters. The summed E-state index contributed by atoms with van der Waals surface area (Å²) in [5.74, 6) is 0. The van der Waals surface area contributed by atoms with Crippen LogP contribution in [0.15, 0.2) is 12.2 Å². The van der Waals surface area contributed by atoms with Crippen LogP contribution in [0.3, 0.4) is 0 Å². The first kappa shape index (κ1) is 12.4. The van der Waals surface area contributed by atoms with Crippen molar-refractivity contribution in [3.8, 4) is 0 Å². The van der Waals surface area contributed by atoms with Gasteiger partial charge in [0.25, 0.3) is 0 Å². The topological polar surface area (TPSA) is 17.1 Å². The molecule has 0 aliphatic rings. The molecule has 1 heteroatoms. The van der Waals surface area contributed by atoms with Gasteiger partial charge in [-0.3, -0.25) is 0 Å². The molecule has 0 rings (SSSR count). The van der Waals surface area contributed by atoms with E-state index in [-0.39, 0.29) is 0 Å². The molecule has 0 amide bonds. The van der Waals surface area contributed by atoms with Gasteiger partial charge in [-0.2, -0.15) is 0 Å². The van der Waals surface area contributed by atoms with Crippen LogP contribution in [0.4, 0.5) is 0 Å². The predicted octanol–water partition coefficient (Wildman–Crippen LogP) is 3.88. The lowest BCUT2D eigenvalue weighted by Gasteiger charge is -1.95.